The van der Waals surface area contributed by atoms with Crippen LogP contribution in [0.25, 0.3) is 0 Å². The average Bonchev–Trinajstić information content (AvgIpc) is 3.09. The number of hydrogen-bond donors (Lipinski definition) is 1. The molecule has 2 aliphatic heterocycles. The van der Waals surface area contributed by atoms with Crippen LogP contribution in [-0.2, 0) is 0 Å². The van der Waals surface area contributed by atoms with Crippen LogP contribution in [0, 0.1) is 0 Å². The Morgan fingerprint density at radius 3 is 2.22 bits per heavy atom. The summed E-state index contributed by atoms with van der Waals surface area (Å²) in [6, 6.07) is 15.0. The van der Waals surface area contributed by atoms with E-state index in [4.69, 9.17) is 0 Å². The Morgan fingerprint density at radius 2 is 1.50 bits per heavy atom. The summed E-state index contributed by atoms with van der Waals surface area (Å²) >= 11 is 0. The number of hydrogen-bond acceptors (Lipinski definition) is 4. The van der Waals surface area contributed by atoms with Gasteiger partial charge in [-0.05, 0) is 43.2 Å². The van der Waals surface area contributed by atoms with Crippen molar-refractivity contribution in [2.45, 2.75) is 38.1 Å². The summed E-state index contributed by atoms with van der Waals surface area (Å²) in [5.74, 6) is -0.434. The van der Waals surface area contributed by atoms with Gasteiger partial charge in [0.25, 0.3) is 11.8 Å². The Morgan fingerprint density at radius 1 is 0.812 bits per heavy atom. The lowest BCUT2D eigenvalue weighted by Gasteiger charge is -2.36. The highest BCUT2D eigenvalue weighted by atomic mass is 16.2. The summed E-state index contributed by atoms with van der Waals surface area (Å²) in [4.78, 5) is 44.1. The largest absolute Gasteiger partial charge is 0.368 e. The van der Waals surface area contributed by atoms with Gasteiger partial charge in [0.1, 0.15) is 0 Å². The minimum Gasteiger partial charge on any atom is -0.368 e. The average molecular weight is 433 g/mol. The number of anilines is 2. The lowest BCUT2D eigenvalue weighted by atomic mass is 9.94. The molecule has 2 aromatic rings. The van der Waals surface area contributed by atoms with E-state index in [0.717, 1.165) is 50.9 Å². The molecule has 7 nitrogen and oxygen atoms in total. The highest BCUT2D eigenvalue weighted by Crippen LogP contribution is 2.32. The molecular weight excluding hydrogens is 404 g/mol. The Kier molecular flexibility index (Phi) is 5.55. The standard InChI is InChI=1S/C25H28N4O3/c30-23-21-12-11-18(17-22(21)24(31)29(23)20-9-5-2-6-10-20)26-25(32)28-15-13-27(14-16-28)19-7-3-1-4-8-19/h1,3-4,7-8,11-12,17,20H,2,5-6,9-10,13-16H2,(H,26,32). The number of benzene rings is 2. The molecule has 0 radical (unpaired) electrons. The van der Waals surface area contributed by atoms with Gasteiger partial charge in [0, 0.05) is 43.6 Å². The second kappa shape index (κ2) is 8.65. The van der Waals surface area contributed by atoms with Crippen LogP contribution < -0.4 is 10.2 Å². The fourth-order valence-corrected chi connectivity index (χ4v) is 5.02. The normalized spacial score (nSPS) is 19.3. The third kappa shape index (κ3) is 3.83. The van der Waals surface area contributed by atoms with Gasteiger partial charge in [0.15, 0.2) is 0 Å². The maximum atomic E-state index is 13.0. The van der Waals surface area contributed by atoms with Crippen LogP contribution >= 0.6 is 0 Å². The van der Waals surface area contributed by atoms with E-state index in [1.807, 2.05) is 18.2 Å². The van der Waals surface area contributed by atoms with Gasteiger partial charge >= 0.3 is 6.03 Å². The van der Waals surface area contributed by atoms with E-state index in [0.29, 0.717) is 29.9 Å². The minimum absolute atomic E-state index is 0.00454. The number of para-hydroxylation sites is 1. The third-order valence-electron chi connectivity index (χ3n) is 6.80. The number of imide groups is 1. The number of urea groups is 1. The van der Waals surface area contributed by atoms with Crippen molar-refractivity contribution in [1.29, 1.82) is 0 Å². The lowest BCUT2D eigenvalue weighted by Crippen LogP contribution is -2.50. The minimum atomic E-state index is -0.232. The van der Waals surface area contributed by atoms with Crippen molar-refractivity contribution in [2.24, 2.45) is 0 Å². The van der Waals surface area contributed by atoms with Crippen molar-refractivity contribution < 1.29 is 14.4 Å². The molecule has 1 aliphatic carbocycles. The van der Waals surface area contributed by atoms with Crippen molar-refractivity contribution in [2.75, 3.05) is 36.4 Å². The van der Waals surface area contributed by atoms with Crippen molar-refractivity contribution in [1.82, 2.24) is 9.80 Å². The van der Waals surface area contributed by atoms with Gasteiger partial charge in [-0.1, -0.05) is 37.5 Å². The maximum Gasteiger partial charge on any atom is 0.321 e. The third-order valence-corrected chi connectivity index (χ3v) is 6.80. The van der Waals surface area contributed by atoms with E-state index in [1.165, 1.54) is 4.90 Å². The molecule has 1 saturated heterocycles. The molecule has 0 atom stereocenters. The van der Waals surface area contributed by atoms with E-state index in [9.17, 15) is 14.4 Å². The molecule has 0 aromatic heterocycles. The fourth-order valence-electron chi connectivity index (χ4n) is 5.02. The van der Waals surface area contributed by atoms with Crippen LogP contribution in [-0.4, -0.2) is 59.9 Å². The summed E-state index contributed by atoms with van der Waals surface area (Å²) in [7, 11) is 0. The van der Waals surface area contributed by atoms with E-state index >= 15 is 0 Å². The predicted octanol–water partition coefficient (Wildman–Crippen LogP) is 3.97. The van der Waals surface area contributed by atoms with E-state index in [2.05, 4.69) is 22.3 Å². The zero-order chi connectivity index (χ0) is 22.1. The molecule has 1 saturated carbocycles. The molecule has 0 bridgehead atoms. The number of carbonyl (C=O) groups is 3. The van der Waals surface area contributed by atoms with Crippen LogP contribution in [0.4, 0.5) is 16.2 Å². The van der Waals surface area contributed by atoms with Gasteiger partial charge < -0.3 is 15.1 Å². The SMILES string of the molecule is O=C(Nc1ccc2c(c1)C(=O)N(C1CCCCC1)C2=O)N1CCN(c2ccccc2)CC1. The quantitative estimate of drug-likeness (QED) is 0.745. The zero-order valence-corrected chi connectivity index (χ0v) is 18.1. The molecule has 7 heteroatoms. The van der Waals surface area contributed by atoms with Crippen molar-refractivity contribution in [3.05, 3.63) is 59.7 Å². The number of rotatable bonds is 3. The van der Waals surface area contributed by atoms with Crippen molar-refractivity contribution >= 4 is 29.2 Å². The van der Waals surface area contributed by atoms with Gasteiger partial charge in [0.2, 0.25) is 0 Å². The highest BCUT2D eigenvalue weighted by molar-refractivity contribution is 6.22. The number of fused-ring (bicyclic) bond motifs is 1. The molecule has 0 unspecified atom stereocenters. The molecular formula is C25H28N4O3. The van der Waals surface area contributed by atoms with Gasteiger partial charge in [-0.2, -0.15) is 0 Å². The number of nitrogens with one attached hydrogen (secondary N) is 1. The monoisotopic (exact) mass is 432 g/mol. The number of piperazine rings is 1. The molecule has 4 amide bonds. The Labute approximate surface area is 188 Å². The Hall–Kier alpha value is -3.35. The Bertz CT molecular complexity index is 1020. The molecule has 2 aromatic carbocycles. The van der Waals surface area contributed by atoms with Gasteiger partial charge in [-0.15, -0.1) is 0 Å². The summed E-state index contributed by atoms with van der Waals surface area (Å²) in [6.45, 7) is 2.78. The predicted molar refractivity (Wildman–Crippen MR) is 123 cm³/mol. The number of nitrogens with zero attached hydrogens (tertiary/aromatic N) is 3. The van der Waals surface area contributed by atoms with E-state index in [1.54, 1.807) is 23.1 Å². The summed E-state index contributed by atoms with van der Waals surface area (Å²) < 4.78 is 0. The molecule has 1 N–H and O–H groups in total. The van der Waals surface area contributed by atoms with Crippen LogP contribution in [0.1, 0.15) is 52.8 Å². The van der Waals surface area contributed by atoms with Crippen LogP contribution in [0.5, 0.6) is 0 Å². The summed E-state index contributed by atoms with van der Waals surface area (Å²) in [6.07, 6.45) is 5.03. The molecule has 2 fully saturated rings. The van der Waals surface area contributed by atoms with Crippen molar-refractivity contribution in [3.63, 3.8) is 0 Å². The number of carbonyl (C=O) groups excluding carboxylic acids is 3. The van der Waals surface area contributed by atoms with Gasteiger partial charge in [0.05, 0.1) is 11.1 Å². The zero-order valence-electron chi connectivity index (χ0n) is 18.1. The van der Waals surface area contributed by atoms with Gasteiger partial charge in [-0.3, -0.25) is 14.5 Å². The first-order valence-corrected chi connectivity index (χ1v) is 11.5. The summed E-state index contributed by atoms with van der Waals surface area (Å²) in [5, 5.41) is 2.91. The van der Waals surface area contributed by atoms with Crippen LogP contribution in [0.15, 0.2) is 48.5 Å². The number of amides is 4. The lowest BCUT2D eigenvalue weighted by molar-refractivity contribution is 0.0549. The first-order chi connectivity index (χ1) is 15.6. The summed E-state index contributed by atoms with van der Waals surface area (Å²) in [5.41, 5.74) is 2.55. The van der Waals surface area contributed by atoms with E-state index < -0.39 is 0 Å². The van der Waals surface area contributed by atoms with E-state index in [-0.39, 0.29) is 23.9 Å². The van der Waals surface area contributed by atoms with Gasteiger partial charge in [-0.25, -0.2) is 4.79 Å². The van der Waals surface area contributed by atoms with Crippen LogP contribution in [0.3, 0.4) is 0 Å². The second-order valence-corrected chi connectivity index (χ2v) is 8.77. The molecule has 32 heavy (non-hydrogen) atoms. The topological polar surface area (TPSA) is 73.0 Å². The highest BCUT2D eigenvalue weighted by Gasteiger charge is 2.40. The first kappa shape index (κ1) is 20.5. The smallest absolute Gasteiger partial charge is 0.321 e. The fraction of sp³-hybridized carbons (Fsp3) is 0.400. The second-order valence-electron chi connectivity index (χ2n) is 8.77. The van der Waals surface area contributed by atoms with Crippen LogP contribution in [0.2, 0.25) is 0 Å². The van der Waals surface area contributed by atoms with Crippen molar-refractivity contribution in [3.8, 4) is 0 Å². The molecule has 0 spiro atoms. The maximum absolute atomic E-state index is 13.0. The first-order valence-electron chi connectivity index (χ1n) is 11.5. The molecule has 5 rings (SSSR count). The molecule has 2 heterocycles. The molecule has 3 aliphatic rings. The molecule has 166 valence electrons. The Balaban J connectivity index is 1.23.